The van der Waals surface area contributed by atoms with E-state index in [9.17, 15) is 13.2 Å². The summed E-state index contributed by atoms with van der Waals surface area (Å²) in [6.45, 7) is 3.88. The lowest BCUT2D eigenvalue weighted by Gasteiger charge is -2.11. The van der Waals surface area contributed by atoms with Crippen molar-refractivity contribution in [2.45, 2.75) is 31.6 Å². The van der Waals surface area contributed by atoms with Gasteiger partial charge in [0, 0.05) is 0 Å². The molecule has 0 aliphatic rings. The predicted molar refractivity (Wildman–Crippen MR) is 74.5 cm³/mol. The van der Waals surface area contributed by atoms with E-state index in [-0.39, 0.29) is 27.2 Å². The summed E-state index contributed by atoms with van der Waals surface area (Å²) < 4.78 is 24.3. The molecule has 4 nitrogen and oxygen atoms in total. The molecule has 0 aromatic heterocycles. The maximum atomic E-state index is 12.1. The van der Waals surface area contributed by atoms with Gasteiger partial charge in [0.25, 0.3) is 0 Å². The third kappa shape index (κ3) is 4.21. The van der Waals surface area contributed by atoms with Crippen LogP contribution in [-0.4, -0.2) is 25.2 Å². The van der Waals surface area contributed by atoms with Crippen LogP contribution in [-0.2, 0) is 9.84 Å². The van der Waals surface area contributed by atoms with Crippen LogP contribution in [0.15, 0.2) is 23.1 Å². The van der Waals surface area contributed by atoms with E-state index in [0.717, 1.165) is 12.8 Å². The zero-order chi connectivity index (χ0) is 14.6. The summed E-state index contributed by atoms with van der Waals surface area (Å²) in [4.78, 5) is 10.9. The van der Waals surface area contributed by atoms with Gasteiger partial charge in [0.05, 0.1) is 21.2 Å². The summed E-state index contributed by atoms with van der Waals surface area (Å²) in [5, 5.41) is 8.78. The van der Waals surface area contributed by atoms with Crippen LogP contribution >= 0.6 is 11.6 Å². The van der Waals surface area contributed by atoms with E-state index in [4.69, 9.17) is 16.7 Å². The second-order valence-corrected chi connectivity index (χ2v) is 7.06. The predicted octanol–water partition coefficient (Wildman–Crippen LogP) is 3.25. The SMILES string of the molecule is CCCC(C)CS(=O)(=O)c1ccc(C(=O)O)c(Cl)c1. The topological polar surface area (TPSA) is 71.4 Å². The fourth-order valence-corrected chi connectivity index (χ4v) is 3.92. The Kier molecular flexibility index (Phi) is 5.38. The maximum absolute atomic E-state index is 12.1. The van der Waals surface area contributed by atoms with Gasteiger partial charge in [-0.05, 0) is 30.5 Å². The number of aromatic carboxylic acids is 1. The van der Waals surface area contributed by atoms with Gasteiger partial charge in [0.2, 0.25) is 0 Å². The second kappa shape index (κ2) is 6.39. The Bertz CT molecular complexity index is 566. The molecule has 0 fully saturated rings. The second-order valence-electron chi connectivity index (χ2n) is 4.62. The molecule has 106 valence electrons. The van der Waals surface area contributed by atoms with Gasteiger partial charge in [-0.25, -0.2) is 13.2 Å². The molecule has 1 rings (SSSR count). The minimum Gasteiger partial charge on any atom is -0.478 e. The number of hydrogen-bond donors (Lipinski definition) is 1. The molecule has 0 spiro atoms. The van der Waals surface area contributed by atoms with Crippen LogP contribution in [0.5, 0.6) is 0 Å². The van der Waals surface area contributed by atoms with Crippen molar-refractivity contribution in [1.29, 1.82) is 0 Å². The Morgan fingerprint density at radius 2 is 2.05 bits per heavy atom. The smallest absolute Gasteiger partial charge is 0.337 e. The molecule has 0 saturated heterocycles. The number of halogens is 1. The van der Waals surface area contributed by atoms with Crippen LogP contribution < -0.4 is 0 Å². The number of hydrogen-bond acceptors (Lipinski definition) is 3. The number of carboxylic acids is 1. The van der Waals surface area contributed by atoms with Crippen LogP contribution in [0.4, 0.5) is 0 Å². The number of benzene rings is 1. The van der Waals surface area contributed by atoms with Crippen molar-refractivity contribution in [3.63, 3.8) is 0 Å². The molecule has 0 amide bonds. The monoisotopic (exact) mass is 304 g/mol. The molecule has 0 radical (unpaired) electrons. The van der Waals surface area contributed by atoms with Gasteiger partial charge in [0.1, 0.15) is 0 Å². The van der Waals surface area contributed by atoms with Crippen molar-refractivity contribution in [2.75, 3.05) is 5.75 Å². The highest BCUT2D eigenvalue weighted by Crippen LogP contribution is 2.23. The summed E-state index contributed by atoms with van der Waals surface area (Å²) in [6, 6.07) is 3.73. The average molecular weight is 305 g/mol. The van der Waals surface area contributed by atoms with E-state index >= 15 is 0 Å². The lowest BCUT2D eigenvalue weighted by Crippen LogP contribution is -2.14. The van der Waals surface area contributed by atoms with Crippen molar-refractivity contribution in [1.82, 2.24) is 0 Å². The Hall–Kier alpha value is -1.07. The van der Waals surface area contributed by atoms with Crippen molar-refractivity contribution in [2.24, 2.45) is 5.92 Å². The first-order valence-electron chi connectivity index (χ1n) is 6.03. The summed E-state index contributed by atoms with van der Waals surface area (Å²) >= 11 is 5.78. The minimum atomic E-state index is -3.42. The van der Waals surface area contributed by atoms with Crippen molar-refractivity contribution < 1.29 is 18.3 Å². The molecule has 6 heteroatoms. The van der Waals surface area contributed by atoms with Gasteiger partial charge in [-0.2, -0.15) is 0 Å². The van der Waals surface area contributed by atoms with E-state index in [1.165, 1.54) is 18.2 Å². The molecule has 1 aromatic carbocycles. The fraction of sp³-hybridized carbons (Fsp3) is 0.462. The molecule has 1 N–H and O–H groups in total. The first-order chi connectivity index (χ1) is 8.77. The van der Waals surface area contributed by atoms with Crippen LogP contribution in [0.25, 0.3) is 0 Å². The van der Waals surface area contributed by atoms with E-state index < -0.39 is 15.8 Å². The number of carbonyl (C=O) groups is 1. The number of rotatable bonds is 6. The summed E-state index contributed by atoms with van der Waals surface area (Å²) in [7, 11) is -3.42. The van der Waals surface area contributed by atoms with Gasteiger partial charge in [-0.15, -0.1) is 0 Å². The number of sulfone groups is 1. The molecule has 0 aliphatic heterocycles. The first-order valence-corrected chi connectivity index (χ1v) is 8.06. The van der Waals surface area contributed by atoms with Crippen LogP contribution in [0, 0.1) is 5.92 Å². The molecular weight excluding hydrogens is 288 g/mol. The highest BCUT2D eigenvalue weighted by atomic mass is 35.5. The molecule has 0 heterocycles. The normalized spacial score (nSPS) is 13.2. The van der Waals surface area contributed by atoms with Gasteiger partial charge in [-0.1, -0.05) is 31.9 Å². The number of carboxylic acid groups (broad SMARTS) is 1. The van der Waals surface area contributed by atoms with Gasteiger partial charge < -0.3 is 5.11 Å². The van der Waals surface area contributed by atoms with E-state index in [1.807, 2.05) is 13.8 Å². The standard InChI is InChI=1S/C13H17ClO4S/c1-3-4-9(2)8-19(17,18)10-5-6-11(13(15)16)12(14)7-10/h5-7,9H,3-4,8H2,1-2H3,(H,15,16). The lowest BCUT2D eigenvalue weighted by molar-refractivity contribution is 0.0697. The highest BCUT2D eigenvalue weighted by Gasteiger charge is 2.20. The minimum absolute atomic E-state index is 0.0452. The molecule has 1 atom stereocenters. The maximum Gasteiger partial charge on any atom is 0.337 e. The van der Waals surface area contributed by atoms with E-state index in [2.05, 4.69) is 0 Å². The third-order valence-electron chi connectivity index (χ3n) is 2.82. The largest absolute Gasteiger partial charge is 0.478 e. The van der Waals surface area contributed by atoms with Crippen LogP contribution in [0.2, 0.25) is 5.02 Å². The Labute approximate surface area is 118 Å². The summed E-state index contributed by atoms with van der Waals surface area (Å²) in [6.07, 6.45) is 1.76. The van der Waals surface area contributed by atoms with Gasteiger partial charge in [-0.3, -0.25) is 0 Å². The van der Waals surface area contributed by atoms with Crippen LogP contribution in [0.3, 0.4) is 0 Å². The summed E-state index contributed by atoms with van der Waals surface area (Å²) in [5.74, 6) is -1.06. The van der Waals surface area contributed by atoms with Crippen molar-refractivity contribution in [3.05, 3.63) is 28.8 Å². The average Bonchev–Trinajstić information content (AvgIpc) is 2.27. The lowest BCUT2D eigenvalue weighted by atomic mass is 10.1. The molecule has 0 aliphatic carbocycles. The molecule has 0 bridgehead atoms. The highest BCUT2D eigenvalue weighted by molar-refractivity contribution is 7.91. The van der Waals surface area contributed by atoms with Crippen LogP contribution in [0.1, 0.15) is 37.0 Å². The zero-order valence-corrected chi connectivity index (χ0v) is 12.5. The Balaban J connectivity index is 3.03. The van der Waals surface area contributed by atoms with Crippen molar-refractivity contribution in [3.8, 4) is 0 Å². The quantitative estimate of drug-likeness (QED) is 0.875. The summed E-state index contributed by atoms with van der Waals surface area (Å²) in [5.41, 5.74) is -0.0952. The van der Waals surface area contributed by atoms with Crippen molar-refractivity contribution >= 4 is 27.4 Å². The van der Waals surface area contributed by atoms with Gasteiger partial charge in [0.15, 0.2) is 9.84 Å². The third-order valence-corrected chi connectivity index (χ3v) is 5.11. The van der Waals surface area contributed by atoms with Gasteiger partial charge >= 0.3 is 5.97 Å². The van der Waals surface area contributed by atoms with E-state index in [1.54, 1.807) is 0 Å². The Morgan fingerprint density at radius 3 is 2.53 bits per heavy atom. The molecule has 1 aromatic rings. The molecule has 19 heavy (non-hydrogen) atoms. The molecule has 0 saturated carbocycles. The first kappa shape index (κ1) is 16.0. The Morgan fingerprint density at radius 1 is 1.42 bits per heavy atom. The molecule has 1 unspecified atom stereocenters. The fourth-order valence-electron chi connectivity index (χ4n) is 1.91. The van der Waals surface area contributed by atoms with E-state index in [0.29, 0.717) is 0 Å². The molecular formula is C13H17ClO4S. The zero-order valence-electron chi connectivity index (χ0n) is 10.9.